The number of nitrogens with zero attached hydrogens (tertiary/aromatic N) is 4. The van der Waals surface area contributed by atoms with Gasteiger partial charge in [0, 0.05) is 63.2 Å². The van der Waals surface area contributed by atoms with Crippen molar-refractivity contribution in [2.45, 2.75) is 172 Å². The number of rotatable bonds is 26. The highest BCUT2D eigenvalue weighted by Gasteiger charge is 2.41. The van der Waals surface area contributed by atoms with Crippen LogP contribution in [0.2, 0.25) is 0 Å². The van der Waals surface area contributed by atoms with Crippen LogP contribution in [0.4, 0.5) is 0 Å². The van der Waals surface area contributed by atoms with Gasteiger partial charge in [-0.05, 0) is 153 Å². The van der Waals surface area contributed by atoms with Gasteiger partial charge in [-0.3, -0.25) is 38.4 Å². The number of allylic oxidation sites excluding steroid dienone is 1. The number of hydrogen-bond acceptors (Lipinski definition) is 10. The third-order valence-electron chi connectivity index (χ3n) is 17.8. The predicted octanol–water partition coefficient (Wildman–Crippen LogP) is 4.42. The van der Waals surface area contributed by atoms with Crippen molar-refractivity contribution >= 4 is 47.3 Å². The lowest BCUT2D eigenvalue weighted by Crippen LogP contribution is -2.57. The summed E-state index contributed by atoms with van der Waals surface area (Å²) in [6, 6.07) is 17.0. The molecule has 8 amide bonds. The first-order valence-electron chi connectivity index (χ1n) is 30.2. The van der Waals surface area contributed by atoms with Gasteiger partial charge >= 0.3 is 0 Å². The first-order chi connectivity index (χ1) is 38.7. The molecular weight excluding hydrogens is 1010 g/mol. The van der Waals surface area contributed by atoms with Crippen molar-refractivity contribution in [2.24, 2.45) is 17.8 Å². The minimum absolute atomic E-state index is 0.0512. The van der Waals surface area contributed by atoms with E-state index in [1.54, 1.807) is 37.7 Å². The van der Waals surface area contributed by atoms with Gasteiger partial charge in [0.15, 0.2) is 0 Å². The quantitative estimate of drug-likeness (QED) is 0.0729. The molecule has 18 nitrogen and oxygen atoms in total. The zero-order chi connectivity index (χ0) is 57.0. The van der Waals surface area contributed by atoms with Gasteiger partial charge in [-0.2, -0.15) is 0 Å². The molecule has 0 spiro atoms. The Labute approximate surface area is 475 Å². The SMILES string of the molecule is CN[C@@H](C)C(=O)N[C@H](C(=O)N1CCC[C@H]1CN(CCc1ccccc1)C(=O)CNC(=O)C1CCC(C(=O)NCC(=O)N(CCc2ccccc2)C[C@@H]2CCCN2C(=O)[C@@H](NC(=O)[C@H](C)NC)C2CCCCC2)CC1)C1=CCCCC1. The third-order valence-corrected chi connectivity index (χ3v) is 17.8. The number of hydrogen-bond donors (Lipinski definition) is 6. The Hall–Kier alpha value is -6.14. The summed E-state index contributed by atoms with van der Waals surface area (Å²) in [6.45, 7) is 5.64. The Balaban J connectivity index is 0.925. The highest BCUT2D eigenvalue weighted by atomic mass is 16.2. The topological polar surface area (TPSA) is 222 Å². The molecule has 0 aromatic heterocycles. The molecule has 2 aromatic rings. The fraction of sp³-hybridized carbons (Fsp3) is 0.645. The van der Waals surface area contributed by atoms with E-state index < -0.39 is 24.2 Å². The van der Waals surface area contributed by atoms with E-state index in [1.165, 1.54) is 0 Å². The second kappa shape index (κ2) is 31.2. The van der Waals surface area contributed by atoms with Crippen LogP contribution in [0.15, 0.2) is 72.3 Å². The molecule has 2 saturated carbocycles. The van der Waals surface area contributed by atoms with Crippen LogP contribution in [0.3, 0.4) is 0 Å². The lowest BCUT2D eigenvalue weighted by Gasteiger charge is -2.37. The molecule has 2 heterocycles. The first kappa shape index (κ1) is 61.5. The van der Waals surface area contributed by atoms with Gasteiger partial charge in [-0.25, -0.2) is 0 Å². The van der Waals surface area contributed by atoms with Gasteiger partial charge in [0.25, 0.3) is 0 Å². The molecule has 4 fully saturated rings. The van der Waals surface area contributed by atoms with Crippen LogP contribution < -0.4 is 31.9 Å². The summed E-state index contributed by atoms with van der Waals surface area (Å²) in [4.78, 5) is 118. The van der Waals surface area contributed by atoms with Crippen molar-refractivity contribution in [3.05, 3.63) is 83.4 Å². The Morgan fingerprint density at radius 3 is 1.49 bits per heavy atom. The van der Waals surface area contributed by atoms with Crippen molar-refractivity contribution in [2.75, 3.05) is 66.5 Å². The van der Waals surface area contributed by atoms with Crippen LogP contribution in [-0.4, -0.2) is 170 Å². The number of nitrogens with one attached hydrogen (secondary N) is 6. The predicted molar refractivity (Wildman–Crippen MR) is 308 cm³/mol. The summed E-state index contributed by atoms with van der Waals surface area (Å²) in [7, 11) is 3.44. The first-order valence-corrected chi connectivity index (χ1v) is 30.2. The number of carbonyl (C=O) groups is 8. The Bertz CT molecular complexity index is 2410. The third kappa shape index (κ3) is 17.4. The van der Waals surface area contributed by atoms with E-state index in [-0.39, 0.29) is 90.2 Å². The van der Waals surface area contributed by atoms with Gasteiger partial charge < -0.3 is 51.5 Å². The Morgan fingerprint density at radius 1 is 0.550 bits per heavy atom. The maximum atomic E-state index is 14.5. The van der Waals surface area contributed by atoms with Crippen molar-refractivity contribution in [3.8, 4) is 0 Å². The summed E-state index contributed by atoms with van der Waals surface area (Å²) >= 11 is 0. The second-order valence-electron chi connectivity index (χ2n) is 23.2. The summed E-state index contributed by atoms with van der Waals surface area (Å²) in [6.07, 6.45) is 16.6. The molecule has 3 aliphatic carbocycles. The molecule has 6 atom stereocenters. The highest BCUT2D eigenvalue weighted by molar-refractivity contribution is 5.93. The number of likely N-dealkylation sites (tertiary alicyclic amines) is 2. The number of carbonyl (C=O) groups excluding carboxylic acids is 8. The molecule has 18 heteroatoms. The lowest BCUT2D eigenvalue weighted by atomic mass is 9.81. The van der Waals surface area contributed by atoms with Crippen molar-refractivity contribution in [1.29, 1.82) is 0 Å². The summed E-state index contributed by atoms with van der Waals surface area (Å²) in [5.41, 5.74) is 3.07. The van der Waals surface area contributed by atoms with E-state index in [0.29, 0.717) is 84.2 Å². The van der Waals surface area contributed by atoms with E-state index in [9.17, 15) is 38.4 Å². The molecule has 2 aromatic carbocycles. The zero-order valence-corrected chi connectivity index (χ0v) is 48.2. The van der Waals surface area contributed by atoms with E-state index in [4.69, 9.17) is 0 Å². The van der Waals surface area contributed by atoms with E-state index in [1.807, 2.05) is 70.5 Å². The molecule has 0 radical (unpaired) electrons. The van der Waals surface area contributed by atoms with Crippen LogP contribution in [-0.2, 0) is 51.2 Å². The molecule has 6 N–H and O–H groups in total. The average molecular weight is 1110 g/mol. The molecule has 0 bridgehead atoms. The summed E-state index contributed by atoms with van der Waals surface area (Å²) in [5.74, 6) is -2.36. The van der Waals surface area contributed by atoms with Gasteiger partial charge in [0.05, 0.1) is 25.2 Å². The molecule has 0 unspecified atom stereocenters. The van der Waals surface area contributed by atoms with Crippen LogP contribution in [0.25, 0.3) is 0 Å². The number of likely N-dealkylation sites (N-methyl/N-ethyl adjacent to an activating group) is 2. The Morgan fingerprint density at radius 2 is 1.02 bits per heavy atom. The van der Waals surface area contributed by atoms with Crippen molar-refractivity contribution in [3.63, 3.8) is 0 Å². The molecule has 80 heavy (non-hydrogen) atoms. The largest absolute Gasteiger partial charge is 0.347 e. The van der Waals surface area contributed by atoms with Gasteiger partial charge in [0.2, 0.25) is 47.3 Å². The smallest absolute Gasteiger partial charge is 0.249 e. The van der Waals surface area contributed by atoms with Crippen LogP contribution in [0.1, 0.15) is 134 Å². The van der Waals surface area contributed by atoms with Crippen LogP contribution in [0, 0.1) is 17.8 Å². The highest BCUT2D eigenvalue weighted by Crippen LogP contribution is 2.32. The van der Waals surface area contributed by atoms with Gasteiger partial charge in [-0.1, -0.05) is 86.0 Å². The minimum Gasteiger partial charge on any atom is -0.347 e. The van der Waals surface area contributed by atoms with Gasteiger partial charge in [-0.15, -0.1) is 0 Å². The maximum absolute atomic E-state index is 14.5. The standard InChI is InChI=1S/C62H92N10O8/c1-43(63-3)57(75)67-55(47-23-13-7-14-24-47)61(79)71-35-17-27-51(71)41-69(37-33-45-19-9-5-10-20-45)53(73)39-65-59(77)49-29-31-50(32-30-49)60(78)66-40-54(74)70(38-34-46-21-11-6-12-22-46)42-52-28-18-36-72(52)62(80)56(48-25-15-8-16-26-48)68-58(76)44(2)64-4/h5-6,9-12,19-23,43-44,48-52,55-56,63-64H,7-8,13-18,24-42H2,1-4H3,(H,65,77)(H,66,78)(H,67,75)(H,68,76)/t43-,44-,49?,50?,51-,52-,55-,56-/m0/s1. The molecule has 7 rings (SSSR count). The Kier molecular flexibility index (Phi) is 24.0. The normalized spacial score (nSPS) is 22.0. The minimum atomic E-state index is -0.769. The second-order valence-corrected chi connectivity index (χ2v) is 23.2. The van der Waals surface area contributed by atoms with Crippen molar-refractivity contribution < 1.29 is 38.4 Å². The molecular formula is C62H92N10O8. The summed E-state index contributed by atoms with van der Waals surface area (Å²) in [5, 5.41) is 18.0. The van der Waals surface area contributed by atoms with Gasteiger partial charge in [0.1, 0.15) is 12.1 Å². The maximum Gasteiger partial charge on any atom is 0.249 e. The zero-order valence-electron chi connectivity index (χ0n) is 48.2. The van der Waals surface area contributed by atoms with Crippen molar-refractivity contribution in [1.82, 2.24) is 51.5 Å². The molecule has 2 saturated heterocycles. The summed E-state index contributed by atoms with van der Waals surface area (Å²) < 4.78 is 0. The fourth-order valence-electron chi connectivity index (χ4n) is 12.5. The monoisotopic (exact) mass is 1100 g/mol. The van der Waals surface area contributed by atoms with E-state index in [0.717, 1.165) is 93.7 Å². The molecule has 438 valence electrons. The molecule has 5 aliphatic rings. The molecule has 2 aliphatic heterocycles. The van der Waals surface area contributed by atoms with E-state index >= 15 is 0 Å². The van der Waals surface area contributed by atoms with Crippen LogP contribution in [0.5, 0.6) is 0 Å². The number of amides is 8. The van der Waals surface area contributed by atoms with Crippen LogP contribution >= 0.6 is 0 Å². The lowest BCUT2D eigenvalue weighted by molar-refractivity contribution is -0.141. The number of benzene rings is 2. The average Bonchev–Trinajstić information content (AvgIpc) is 4.19. The van der Waals surface area contributed by atoms with E-state index in [2.05, 4.69) is 38.0 Å². The fourth-order valence-corrected chi connectivity index (χ4v) is 12.5.